The molecule has 1 aromatic carbocycles. The second-order valence-electron chi connectivity index (χ2n) is 7.38. The summed E-state index contributed by atoms with van der Waals surface area (Å²) in [4.78, 5) is 14.2. The highest BCUT2D eigenvalue weighted by atomic mass is 32.2. The first-order valence-electron chi connectivity index (χ1n) is 8.94. The average Bonchev–Trinajstić information content (AvgIpc) is 2.98. The van der Waals surface area contributed by atoms with Gasteiger partial charge in [-0.2, -0.15) is 0 Å². The molecule has 0 aromatic heterocycles. The van der Waals surface area contributed by atoms with Crippen LogP contribution in [0.5, 0.6) is 0 Å². The van der Waals surface area contributed by atoms with E-state index in [1.807, 2.05) is 4.90 Å². The normalized spacial score (nSPS) is 26.5. The van der Waals surface area contributed by atoms with Crippen LogP contribution in [-0.4, -0.2) is 26.9 Å². The van der Waals surface area contributed by atoms with E-state index in [0.717, 1.165) is 42.5 Å². The van der Waals surface area contributed by atoms with Crippen LogP contribution in [0, 0.1) is 5.92 Å². The second-order valence-corrected chi connectivity index (χ2v) is 9.09. The predicted molar refractivity (Wildman–Crippen MR) is 92.6 cm³/mol. The number of nitrogens with zero attached hydrogens (tertiary/aromatic N) is 1. The fraction of sp³-hybridized carbons (Fsp3) is 0.611. The summed E-state index contributed by atoms with van der Waals surface area (Å²) in [5.41, 5.74) is 2.97. The highest BCUT2D eigenvalue weighted by molar-refractivity contribution is 7.89. The van der Waals surface area contributed by atoms with Crippen LogP contribution in [0.2, 0.25) is 0 Å². The average molecular weight is 348 g/mol. The lowest BCUT2D eigenvalue weighted by Gasteiger charge is -2.30. The maximum Gasteiger partial charge on any atom is 0.240 e. The zero-order chi connectivity index (χ0) is 16.9. The number of hydrogen-bond donors (Lipinski definition) is 1. The Bertz CT molecular complexity index is 788. The summed E-state index contributed by atoms with van der Waals surface area (Å²) in [5, 5.41) is 0. The van der Waals surface area contributed by atoms with Gasteiger partial charge in [0.25, 0.3) is 0 Å². The molecule has 0 radical (unpaired) electrons. The van der Waals surface area contributed by atoms with E-state index in [1.165, 1.54) is 6.42 Å². The van der Waals surface area contributed by atoms with E-state index in [0.29, 0.717) is 30.2 Å². The van der Waals surface area contributed by atoms with E-state index in [1.54, 1.807) is 12.1 Å². The summed E-state index contributed by atoms with van der Waals surface area (Å²) in [6, 6.07) is 3.58. The summed E-state index contributed by atoms with van der Waals surface area (Å²) < 4.78 is 28.7. The number of nitrogens with one attached hydrogen (secondary N) is 1. The van der Waals surface area contributed by atoms with Crippen molar-refractivity contribution in [2.75, 3.05) is 11.4 Å². The van der Waals surface area contributed by atoms with Crippen molar-refractivity contribution in [3.05, 3.63) is 23.3 Å². The summed E-state index contributed by atoms with van der Waals surface area (Å²) in [6.45, 7) is 2.81. The van der Waals surface area contributed by atoms with Gasteiger partial charge < -0.3 is 4.90 Å². The molecule has 0 bridgehead atoms. The third kappa shape index (κ3) is 2.65. The lowest BCUT2D eigenvalue weighted by molar-refractivity contribution is -0.118. The van der Waals surface area contributed by atoms with Crippen molar-refractivity contribution in [1.29, 1.82) is 0 Å². The van der Waals surface area contributed by atoms with E-state index in [4.69, 9.17) is 0 Å². The van der Waals surface area contributed by atoms with Crippen LogP contribution in [0.25, 0.3) is 0 Å². The Morgan fingerprint density at radius 2 is 1.79 bits per heavy atom. The number of benzene rings is 1. The summed E-state index contributed by atoms with van der Waals surface area (Å²) in [6.07, 6.45) is 6.14. The zero-order valence-electron chi connectivity index (χ0n) is 14.0. The van der Waals surface area contributed by atoms with Crippen molar-refractivity contribution < 1.29 is 13.2 Å². The van der Waals surface area contributed by atoms with Gasteiger partial charge in [-0.15, -0.1) is 0 Å². The summed E-state index contributed by atoms with van der Waals surface area (Å²) in [7, 11) is -3.51. The smallest absolute Gasteiger partial charge is 0.240 e. The molecule has 1 saturated carbocycles. The van der Waals surface area contributed by atoms with E-state index in [9.17, 15) is 13.2 Å². The number of carbonyl (C=O) groups is 1. The molecule has 1 aliphatic carbocycles. The van der Waals surface area contributed by atoms with Gasteiger partial charge in [-0.1, -0.05) is 19.8 Å². The molecule has 1 N–H and O–H groups in total. The number of aryl methyl sites for hydroxylation is 1. The topological polar surface area (TPSA) is 66.5 Å². The number of amides is 1. The molecule has 2 heterocycles. The molecule has 130 valence electrons. The number of rotatable bonds is 3. The Kier molecular flexibility index (Phi) is 3.92. The number of hydrogen-bond acceptors (Lipinski definition) is 3. The number of anilines is 1. The van der Waals surface area contributed by atoms with Crippen LogP contribution in [0.4, 0.5) is 5.69 Å². The van der Waals surface area contributed by atoms with Crippen LogP contribution in [0.1, 0.15) is 50.2 Å². The molecule has 0 spiro atoms. The van der Waals surface area contributed by atoms with Crippen molar-refractivity contribution in [3.8, 4) is 0 Å². The standard InChI is InChI=1S/C18H24N2O3S/c1-12-4-2-3-5-16(12)19-24(22,23)15-10-13-6-7-17(21)20-9-8-14(11-15)18(13)20/h10-12,16,19H,2-9H2,1H3/t12-,16+/m0/s1. The molecule has 0 unspecified atom stereocenters. The molecule has 6 heteroatoms. The second kappa shape index (κ2) is 5.85. The molecule has 4 rings (SSSR count). The minimum Gasteiger partial charge on any atom is -0.312 e. The van der Waals surface area contributed by atoms with Gasteiger partial charge in [0.1, 0.15) is 0 Å². The highest BCUT2D eigenvalue weighted by Crippen LogP contribution is 2.38. The van der Waals surface area contributed by atoms with Gasteiger partial charge in [-0.05, 0) is 54.9 Å². The summed E-state index contributed by atoms with van der Waals surface area (Å²) >= 11 is 0. The molecule has 5 nitrogen and oxygen atoms in total. The monoisotopic (exact) mass is 348 g/mol. The van der Waals surface area contributed by atoms with Gasteiger partial charge in [0.15, 0.2) is 0 Å². The first-order valence-corrected chi connectivity index (χ1v) is 10.4. The Morgan fingerprint density at radius 1 is 1.08 bits per heavy atom. The zero-order valence-corrected chi connectivity index (χ0v) is 14.9. The quantitative estimate of drug-likeness (QED) is 0.912. The van der Waals surface area contributed by atoms with Crippen LogP contribution >= 0.6 is 0 Å². The fourth-order valence-electron chi connectivity index (χ4n) is 4.34. The van der Waals surface area contributed by atoms with Crippen LogP contribution in [0.15, 0.2) is 17.0 Å². The first-order chi connectivity index (χ1) is 11.5. The lowest BCUT2D eigenvalue weighted by atomic mass is 9.87. The number of carbonyl (C=O) groups excluding carboxylic acids is 1. The van der Waals surface area contributed by atoms with Gasteiger partial charge in [0.2, 0.25) is 15.9 Å². The minimum absolute atomic E-state index is 0.0337. The van der Waals surface area contributed by atoms with Gasteiger partial charge in [0.05, 0.1) is 10.6 Å². The fourth-order valence-corrected chi connectivity index (χ4v) is 5.82. The largest absolute Gasteiger partial charge is 0.312 e. The van der Waals surface area contributed by atoms with Crippen molar-refractivity contribution in [2.24, 2.45) is 5.92 Å². The van der Waals surface area contributed by atoms with Crippen molar-refractivity contribution in [2.45, 2.75) is 62.8 Å². The first kappa shape index (κ1) is 16.1. The number of sulfonamides is 1. The molecule has 1 amide bonds. The molecule has 0 saturated heterocycles. The van der Waals surface area contributed by atoms with Crippen molar-refractivity contribution >= 4 is 21.6 Å². The van der Waals surface area contributed by atoms with Crippen molar-refractivity contribution in [1.82, 2.24) is 4.72 Å². The van der Waals surface area contributed by atoms with Gasteiger partial charge in [-0.3, -0.25) is 4.79 Å². The third-order valence-electron chi connectivity index (χ3n) is 5.75. The third-order valence-corrected chi connectivity index (χ3v) is 7.22. The molecule has 1 aromatic rings. The molecule has 3 aliphatic rings. The van der Waals surface area contributed by atoms with Crippen LogP contribution in [0.3, 0.4) is 0 Å². The highest BCUT2D eigenvalue weighted by Gasteiger charge is 2.34. The van der Waals surface area contributed by atoms with E-state index < -0.39 is 10.0 Å². The molecular formula is C18H24N2O3S. The Morgan fingerprint density at radius 3 is 2.54 bits per heavy atom. The maximum absolute atomic E-state index is 12.9. The van der Waals surface area contributed by atoms with E-state index >= 15 is 0 Å². The van der Waals surface area contributed by atoms with Crippen molar-refractivity contribution in [3.63, 3.8) is 0 Å². The molecule has 2 aliphatic heterocycles. The molecule has 1 fully saturated rings. The molecule has 24 heavy (non-hydrogen) atoms. The van der Waals surface area contributed by atoms with E-state index in [2.05, 4.69) is 11.6 Å². The SMILES string of the molecule is C[C@H]1CCCC[C@H]1NS(=O)(=O)c1cc2c3c(c1)CCN3C(=O)CC2. The minimum atomic E-state index is -3.51. The van der Waals surface area contributed by atoms with E-state index in [-0.39, 0.29) is 11.9 Å². The lowest BCUT2D eigenvalue weighted by Crippen LogP contribution is -2.41. The van der Waals surface area contributed by atoms with Gasteiger partial charge >= 0.3 is 0 Å². The molecular weight excluding hydrogens is 324 g/mol. The predicted octanol–water partition coefficient (Wildman–Crippen LogP) is 2.38. The Balaban J connectivity index is 1.66. The maximum atomic E-state index is 12.9. The van der Waals surface area contributed by atoms with Gasteiger partial charge in [0, 0.05) is 19.0 Å². The molecule has 2 atom stereocenters. The Hall–Kier alpha value is -1.40. The van der Waals surface area contributed by atoms with Gasteiger partial charge in [-0.25, -0.2) is 13.1 Å². The van der Waals surface area contributed by atoms with Crippen LogP contribution in [-0.2, 0) is 27.7 Å². The Labute approximate surface area is 143 Å². The summed E-state index contributed by atoms with van der Waals surface area (Å²) in [5.74, 6) is 0.542. The van der Waals surface area contributed by atoms with Crippen LogP contribution < -0.4 is 9.62 Å².